The number of nitrogens with zero attached hydrogens (tertiary/aromatic N) is 4. The van der Waals surface area contributed by atoms with E-state index in [0.717, 1.165) is 64.0 Å². The monoisotopic (exact) mass is 376 g/mol. The SMILES string of the molecule is CCN1CCc2nc(N3CCOCC3)nc(C)c2C1.O=C(O)C(F)(F)F. The van der Waals surface area contributed by atoms with Gasteiger partial charge < -0.3 is 14.7 Å². The lowest BCUT2D eigenvalue weighted by atomic mass is 10.0. The summed E-state index contributed by atoms with van der Waals surface area (Å²) in [6, 6.07) is 0. The van der Waals surface area contributed by atoms with E-state index >= 15 is 0 Å². The second-order valence-corrected chi connectivity index (χ2v) is 6.06. The average Bonchev–Trinajstić information content (AvgIpc) is 2.62. The number of rotatable bonds is 2. The molecule has 7 nitrogen and oxygen atoms in total. The zero-order valence-corrected chi connectivity index (χ0v) is 14.8. The predicted molar refractivity (Wildman–Crippen MR) is 88.1 cm³/mol. The predicted octanol–water partition coefficient (Wildman–Crippen LogP) is 1.63. The van der Waals surface area contributed by atoms with Crippen LogP contribution in [0.15, 0.2) is 0 Å². The van der Waals surface area contributed by atoms with Crippen LogP contribution in [-0.4, -0.2) is 71.5 Å². The van der Waals surface area contributed by atoms with Gasteiger partial charge in [0.15, 0.2) is 0 Å². The Labute approximate surface area is 149 Å². The topological polar surface area (TPSA) is 78.8 Å². The summed E-state index contributed by atoms with van der Waals surface area (Å²) in [5.74, 6) is -1.86. The van der Waals surface area contributed by atoms with Crippen molar-refractivity contribution in [3.8, 4) is 0 Å². The van der Waals surface area contributed by atoms with E-state index in [2.05, 4.69) is 23.6 Å². The highest BCUT2D eigenvalue weighted by molar-refractivity contribution is 5.73. The minimum atomic E-state index is -5.08. The molecule has 0 aliphatic carbocycles. The van der Waals surface area contributed by atoms with Crippen LogP contribution in [0.4, 0.5) is 19.1 Å². The van der Waals surface area contributed by atoms with E-state index in [-0.39, 0.29) is 0 Å². The van der Waals surface area contributed by atoms with E-state index < -0.39 is 12.1 Å². The normalized spacial score (nSPS) is 18.0. The molecule has 1 aromatic heterocycles. The van der Waals surface area contributed by atoms with Gasteiger partial charge in [-0.25, -0.2) is 14.8 Å². The molecule has 0 radical (unpaired) electrons. The van der Waals surface area contributed by atoms with E-state index in [4.69, 9.17) is 24.6 Å². The van der Waals surface area contributed by atoms with Crippen LogP contribution < -0.4 is 4.90 Å². The maximum atomic E-state index is 10.6. The van der Waals surface area contributed by atoms with Crippen molar-refractivity contribution in [3.05, 3.63) is 17.0 Å². The lowest BCUT2D eigenvalue weighted by molar-refractivity contribution is -0.192. The highest BCUT2D eigenvalue weighted by Gasteiger charge is 2.38. The number of carboxylic acid groups (broad SMARTS) is 1. The number of carbonyl (C=O) groups is 1. The summed E-state index contributed by atoms with van der Waals surface area (Å²) in [5.41, 5.74) is 3.73. The first kappa shape index (κ1) is 20.4. The number of anilines is 1. The number of hydrogen-bond acceptors (Lipinski definition) is 6. The Balaban J connectivity index is 0.000000298. The van der Waals surface area contributed by atoms with Gasteiger partial charge in [-0.2, -0.15) is 13.2 Å². The molecule has 2 aliphatic heterocycles. The molecule has 26 heavy (non-hydrogen) atoms. The summed E-state index contributed by atoms with van der Waals surface area (Å²) in [7, 11) is 0. The average molecular weight is 376 g/mol. The molecule has 1 saturated heterocycles. The number of aromatic nitrogens is 2. The number of aryl methyl sites for hydroxylation is 1. The van der Waals surface area contributed by atoms with Gasteiger partial charge in [-0.15, -0.1) is 0 Å². The number of aliphatic carboxylic acids is 1. The number of likely N-dealkylation sites (N-methyl/N-ethyl adjacent to an activating group) is 1. The van der Waals surface area contributed by atoms with Crippen molar-refractivity contribution < 1.29 is 27.8 Å². The van der Waals surface area contributed by atoms with Gasteiger partial charge in [-0.05, 0) is 13.5 Å². The zero-order valence-electron chi connectivity index (χ0n) is 14.8. The third-order valence-corrected chi connectivity index (χ3v) is 4.32. The number of fused-ring (bicyclic) bond motifs is 1. The lowest BCUT2D eigenvalue weighted by Gasteiger charge is -2.31. The van der Waals surface area contributed by atoms with E-state index in [1.807, 2.05) is 0 Å². The highest BCUT2D eigenvalue weighted by Crippen LogP contribution is 2.22. The minimum absolute atomic E-state index is 0.781. The Hall–Kier alpha value is -1.94. The lowest BCUT2D eigenvalue weighted by Crippen LogP contribution is -2.38. The number of ether oxygens (including phenoxy) is 1. The maximum absolute atomic E-state index is 10.6. The third-order valence-electron chi connectivity index (χ3n) is 4.32. The molecule has 3 heterocycles. The second kappa shape index (κ2) is 8.63. The van der Waals surface area contributed by atoms with Crippen molar-refractivity contribution in [1.82, 2.24) is 14.9 Å². The molecule has 0 saturated carbocycles. The van der Waals surface area contributed by atoms with Crippen molar-refractivity contribution in [2.45, 2.75) is 33.0 Å². The first-order chi connectivity index (χ1) is 12.2. The smallest absolute Gasteiger partial charge is 0.475 e. The van der Waals surface area contributed by atoms with Gasteiger partial charge in [-0.1, -0.05) is 6.92 Å². The molecule has 3 rings (SSSR count). The minimum Gasteiger partial charge on any atom is -0.475 e. The fourth-order valence-electron chi connectivity index (χ4n) is 2.79. The number of alkyl halides is 3. The van der Waals surface area contributed by atoms with Gasteiger partial charge in [0.05, 0.1) is 18.9 Å². The largest absolute Gasteiger partial charge is 0.490 e. The summed E-state index contributed by atoms with van der Waals surface area (Å²) in [6.07, 6.45) is -4.04. The van der Waals surface area contributed by atoms with Crippen LogP contribution in [0, 0.1) is 6.92 Å². The molecule has 0 spiro atoms. The van der Waals surface area contributed by atoms with E-state index in [0.29, 0.717) is 0 Å². The molecular weight excluding hydrogens is 353 g/mol. The van der Waals surface area contributed by atoms with Crippen LogP contribution in [0.1, 0.15) is 23.9 Å². The molecule has 1 aromatic rings. The van der Waals surface area contributed by atoms with Crippen LogP contribution in [-0.2, 0) is 22.5 Å². The Morgan fingerprint density at radius 1 is 1.23 bits per heavy atom. The van der Waals surface area contributed by atoms with E-state index in [9.17, 15) is 13.2 Å². The second-order valence-electron chi connectivity index (χ2n) is 6.06. The van der Waals surface area contributed by atoms with Crippen LogP contribution >= 0.6 is 0 Å². The first-order valence-electron chi connectivity index (χ1n) is 8.44. The molecule has 0 bridgehead atoms. The van der Waals surface area contributed by atoms with Crippen LogP contribution in [0.2, 0.25) is 0 Å². The Bertz CT molecular complexity index is 634. The molecule has 2 aliphatic rings. The van der Waals surface area contributed by atoms with Gasteiger partial charge in [0.1, 0.15) is 0 Å². The molecule has 10 heteroatoms. The van der Waals surface area contributed by atoms with Crippen molar-refractivity contribution in [3.63, 3.8) is 0 Å². The van der Waals surface area contributed by atoms with Crippen molar-refractivity contribution >= 4 is 11.9 Å². The van der Waals surface area contributed by atoms with Crippen LogP contribution in [0.25, 0.3) is 0 Å². The van der Waals surface area contributed by atoms with E-state index in [1.165, 1.54) is 11.3 Å². The highest BCUT2D eigenvalue weighted by atomic mass is 19.4. The number of hydrogen-bond donors (Lipinski definition) is 1. The molecule has 146 valence electrons. The Kier molecular flexibility index (Phi) is 6.76. The van der Waals surface area contributed by atoms with Crippen LogP contribution in [0.3, 0.4) is 0 Å². The molecule has 1 fully saturated rings. The summed E-state index contributed by atoms with van der Waals surface area (Å²) < 4.78 is 37.1. The van der Waals surface area contributed by atoms with Gasteiger partial charge >= 0.3 is 12.1 Å². The van der Waals surface area contributed by atoms with Crippen molar-refractivity contribution in [2.24, 2.45) is 0 Å². The molecular formula is C16H23F3N4O3. The quantitative estimate of drug-likeness (QED) is 0.841. The summed E-state index contributed by atoms with van der Waals surface area (Å²) in [4.78, 5) is 23.1. The maximum Gasteiger partial charge on any atom is 0.490 e. The molecule has 1 N–H and O–H groups in total. The number of morpholine rings is 1. The third kappa shape index (κ3) is 5.28. The Morgan fingerprint density at radius 3 is 2.38 bits per heavy atom. The molecule has 0 atom stereocenters. The van der Waals surface area contributed by atoms with Gasteiger partial charge in [0.25, 0.3) is 0 Å². The first-order valence-corrected chi connectivity index (χ1v) is 8.44. The van der Waals surface area contributed by atoms with Gasteiger partial charge in [0, 0.05) is 43.9 Å². The zero-order chi connectivity index (χ0) is 19.3. The summed E-state index contributed by atoms with van der Waals surface area (Å²) in [6.45, 7) is 10.9. The van der Waals surface area contributed by atoms with Crippen molar-refractivity contribution in [1.29, 1.82) is 0 Å². The fourth-order valence-corrected chi connectivity index (χ4v) is 2.79. The molecule has 0 amide bonds. The fraction of sp³-hybridized carbons (Fsp3) is 0.688. The number of carboxylic acids is 1. The summed E-state index contributed by atoms with van der Waals surface area (Å²) in [5, 5.41) is 7.12. The standard InChI is InChI=1S/C14H22N4O.C2HF3O2/c1-3-17-5-4-13-12(10-17)11(2)15-14(16-13)18-6-8-19-9-7-18;3-2(4,5)1(6)7/h3-10H2,1-2H3;(H,6,7). The number of halogens is 3. The summed E-state index contributed by atoms with van der Waals surface area (Å²) >= 11 is 0. The van der Waals surface area contributed by atoms with Gasteiger partial charge in [-0.3, -0.25) is 4.90 Å². The van der Waals surface area contributed by atoms with Crippen LogP contribution in [0.5, 0.6) is 0 Å². The molecule has 0 unspecified atom stereocenters. The van der Waals surface area contributed by atoms with Gasteiger partial charge in [0.2, 0.25) is 5.95 Å². The Morgan fingerprint density at radius 2 is 1.85 bits per heavy atom. The molecule has 0 aromatic carbocycles. The van der Waals surface area contributed by atoms with Crippen molar-refractivity contribution in [2.75, 3.05) is 44.3 Å². The van der Waals surface area contributed by atoms with E-state index in [1.54, 1.807) is 0 Å².